The van der Waals surface area contributed by atoms with Crippen molar-refractivity contribution >= 4 is 24.2 Å². The van der Waals surface area contributed by atoms with Gasteiger partial charge in [0.25, 0.3) is 11.8 Å². The van der Waals surface area contributed by atoms with Crippen LogP contribution in [-0.4, -0.2) is 38.1 Å². The Kier molecular flexibility index (Phi) is 9.23. The Balaban J connectivity index is 0.00000338. The van der Waals surface area contributed by atoms with E-state index < -0.39 is 5.91 Å². The molecule has 1 aromatic carbocycles. The fraction of sp³-hybridized carbons (Fsp3) is 0.556. The number of halogens is 1. The molecule has 5 N–H and O–H groups in total. The third-order valence-corrected chi connectivity index (χ3v) is 4.59. The Hall–Kier alpha value is -1.99. The van der Waals surface area contributed by atoms with Gasteiger partial charge in [0.15, 0.2) is 18.1 Å². The van der Waals surface area contributed by atoms with Crippen molar-refractivity contribution in [3.05, 3.63) is 23.8 Å². The number of amides is 2. The van der Waals surface area contributed by atoms with Crippen molar-refractivity contribution in [2.24, 2.45) is 17.4 Å². The van der Waals surface area contributed by atoms with Gasteiger partial charge in [-0.2, -0.15) is 0 Å². The molecule has 0 spiro atoms. The average molecular weight is 386 g/mol. The van der Waals surface area contributed by atoms with Gasteiger partial charge in [-0.1, -0.05) is 19.3 Å². The lowest BCUT2D eigenvalue weighted by atomic mass is 9.84. The second kappa shape index (κ2) is 10.9. The maximum absolute atomic E-state index is 12.6. The summed E-state index contributed by atoms with van der Waals surface area (Å²) < 4.78 is 10.5. The summed E-state index contributed by atoms with van der Waals surface area (Å²) in [7, 11) is 1.47. The molecular weight excluding hydrogens is 358 g/mol. The number of nitrogens with two attached hydrogens (primary N) is 2. The predicted octanol–water partition coefficient (Wildman–Crippen LogP) is 1.62. The topological polar surface area (TPSA) is 117 Å². The summed E-state index contributed by atoms with van der Waals surface area (Å²) in [6.07, 6.45) is 5.84. The SMILES string of the molecule is COc1cc(C(=O)NC(CN)C2CCCCC2)ccc1OCC(N)=O.Cl. The van der Waals surface area contributed by atoms with Crippen LogP contribution in [0.2, 0.25) is 0 Å². The van der Waals surface area contributed by atoms with Crippen molar-refractivity contribution in [1.29, 1.82) is 0 Å². The first kappa shape index (κ1) is 22.1. The van der Waals surface area contributed by atoms with E-state index >= 15 is 0 Å². The van der Waals surface area contributed by atoms with E-state index in [1.54, 1.807) is 18.2 Å². The molecule has 2 amide bonds. The lowest BCUT2D eigenvalue weighted by molar-refractivity contribution is -0.119. The largest absolute Gasteiger partial charge is 0.493 e. The molecular formula is C18H28ClN3O4. The Morgan fingerprint density at radius 3 is 2.50 bits per heavy atom. The van der Waals surface area contributed by atoms with Gasteiger partial charge in [-0.3, -0.25) is 9.59 Å². The molecule has 1 fully saturated rings. The monoisotopic (exact) mass is 385 g/mol. The highest BCUT2D eigenvalue weighted by molar-refractivity contribution is 5.95. The molecule has 0 radical (unpaired) electrons. The highest BCUT2D eigenvalue weighted by atomic mass is 35.5. The van der Waals surface area contributed by atoms with Crippen LogP contribution in [0.4, 0.5) is 0 Å². The molecule has 8 heteroatoms. The van der Waals surface area contributed by atoms with Crippen molar-refractivity contribution in [1.82, 2.24) is 5.32 Å². The zero-order valence-corrected chi connectivity index (χ0v) is 15.8. The zero-order chi connectivity index (χ0) is 18.2. The van der Waals surface area contributed by atoms with E-state index in [-0.39, 0.29) is 31.0 Å². The summed E-state index contributed by atoms with van der Waals surface area (Å²) in [5, 5.41) is 3.04. The molecule has 0 bridgehead atoms. The Morgan fingerprint density at radius 1 is 1.23 bits per heavy atom. The minimum absolute atomic E-state index is 0. The van der Waals surface area contributed by atoms with Gasteiger partial charge in [-0.15, -0.1) is 12.4 Å². The molecule has 1 unspecified atom stereocenters. The van der Waals surface area contributed by atoms with Gasteiger partial charge in [0.1, 0.15) is 0 Å². The van der Waals surface area contributed by atoms with E-state index in [0.29, 0.717) is 29.5 Å². The van der Waals surface area contributed by atoms with Gasteiger partial charge in [-0.25, -0.2) is 0 Å². The van der Waals surface area contributed by atoms with Gasteiger partial charge < -0.3 is 26.3 Å². The molecule has 1 aliphatic carbocycles. The number of carbonyl (C=O) groups excluding carboxylic acids is 2. The van der Waals surface area contributed by atoms with Crippen molar-refractivity contribution in [3.63, 3.8) is 0 Å². The summed E-state index contributed by atoms with van der Waals surface area (Å²) in [5.41, 5.74) is 11.4. The quantitative estimate of drug-likeness (QED) is 0.628. The van der Waals surface area contributed by atoms with Crippen molar-refractivity contribution in [3.8, 4) is 11.5 Å². The molecule has 1 atom stereocenters. The molecule has 1 aliphatic rings. The van der Waals surface area contributed by atoms with E-state index in [4.69, 9.17) is 20.9 Å². The van der Waals surface area contributed by atoms with E-state index in [1.807, 2.05) is 0 Å². The molecule has 0 saturated heterocycles. The number of nitrogens with one attached hydrogen (secondary N) is 1. The fourth-order valence-corrected chi connectivity index (χ4v) is 3.23. The van der Waals surface area contributed by atoms with E-state index in [9.17, 15) is 9.59 Å². The van der Waals surface area contributed by atoms with Crippen LogP contribution < -0.4 is 26.3 Å². The highest BCUT2D eigenvalue weighted by Crippen LogP contribution is 2.29. The maximum atomic E-state index is 12.6. The fourth-order valence-electron chi connectivity index (χ4n) is 3.23. The van der Waals surface area contributed by atoms with Crippen molar-refractivity contribution in [2.75, 3.05) is 20.3 Å². The number of rotatable bonds is 8. The molecule has 0 aromatic heterocycles. The summed E-state index contributed by atoms with van der Waals surface area (Å²) in [4.78, 5) is 23.4. The summed E-state index contributed by atoms with van der Waals surface area (Å²) in [6, 6.07) is 4.78. The average Bonchev–Trinajstić information content (AvgIpc) is 2.64. The standard InChI is InChI=1S/C18H27N3O4.ClH/c1-24-16-9-13(7-8-15(16)25-11-17(20)22)18(23)21-14(10-19)12-5-3-2-4-6-12;/h7-9,12,14H,2-6,10-11,19H2,1H3,(H2,20,22)(H,21,23);1H. The Labute approximate surface area is 160 Å². The second-order valence-electron chi connectivity index (χ2n) is 6.33. The highest BCUT2D eigenvalue weighted by Gasteiger charge is 2.24. The molecule has 2 rings (SSSR count). The van der Waals surface area contributed by atoms with Crippen LogP contribution in [0.1, 0.15) is 42.5 Å². The minimum atomic E-state index is -0.581. The number of hydrogen-bond acceptors (Lipinski definition) is 5. The van der Waals surface area contributed by atoms with Crippen LogP contribution in [0.5, 0.6) is 11.5 Å². The first-order valence-electron chi connectivity index (χ1n) is 8.65. The van der Waals surface area contributed by atoms with Gasteiger partial charge in [0.05, 0.1) is 7.11 Å². The first-order valence-corrected chi connectivity index (χ1v) is 8.65. The molecule has 1 saturated carbocycles. The molecule has 0 aliphatic heterocycles. The van der Waals surface area contributed by atoms with Crippen molar-refractivity contribution in [2.45, 2.75) is 38.1 Å². The molecule has 7 nitrogen and oxygen atoms in total. The number of methoxy groups -OCH3 is 1. The number of primary amides is 1. The maximum Gasteiger partial charge on any atom is 0.255 e. The van der Waals surface area contributed by atoms with Crippen LogP contribution in [-0.2, 0) is 4.79 Å². The van der Waals surface area contributed by atoms with Crippen LogP contribution in [0.3, 0.4) is 0 Å². The van der Waals surface area contributed by atoms with E-state index in [1.165, 1.54) is 26.4 Å². The van der Waals surface area contributed by atoms with Gasteiger partial charge in [0, 0.05) is 18.2 Å². The number of benzene rings is 1. The molecule has 0 heterocycles. The third kappa shape index (κ3) is 6.07. The normalized spacial score (nSPS) is 15.5. The smallest absolute Gasteiger partial charge is 0.255 e. The van der Waals surface area contributed by atoms with Crippen LogP contribution in [0.15, 0.2) is 18.2 Å². The molecule has 26 heavy (non-hydrogen) atoms. The zero-order valence-electron chi connectivity index (χ0n) is 15.0. The van der Waals surface area contributed by atoms with Gasteiger partial charge >= 0.3 is 0 Å². The Morgan fingerprint density at radius 2 is 1.92 bits per heavy atom. The predicted molar refractivity (Wildman–Crippen MR) is 102 cm³/mol. The first-order chi connectivity index (χ1) is 12.0. The summed E-state index contributed by atoms with van der Waals surface area (Å²) >= 11 is 0. The Bertz CT molecular complexity index is 606. The van der Waals surface area contributed by atoms with Crippen LogP contribution in [0, 0.1) is 5.92 Å². The van der Waals surface area contributed by atoms with E-state index in [2.05, 4.69) is 5.32 Å². The van der Waals surface area contributed by atoms with Gasteiger partial charge in [-0.05, 0) is 37.0 Å². The molecule has 1 aromatic rings. The summed E-state index contributed by atoms with van der Waals surface area (Å²) in [6.45, 7) is 0.173. The second-order valence-corrected chi connectivity index (χ2v) is 6.33. The van der Waals surface area contributed by atoms with E-state index in [0.717, 1.165) is 12.8 Å². The lowest BCUT2D eigenvalue weighted by Crippen LogP contribution is -2.45. The van der Waals surface area contributed by atoms with Crippen LogP contribution >= 0.6 is 12.4 Å². The number of ether oxygens (including phenoxy) is 2. The number of hydrogen-bond donors (Lipinski definition) is 3. The lowest BCUT2D eigenvalue weighted by Gasteiger charge is -2.30. The number of carbonyl (C=O) groups is 2. The van der Waals surface area contributed by atoms with Crippen LogP contribution in [0.25, 0.3) is 0 Å². The summed E-state index contributed by atoms with van der Waals surface area (Å²) in [5.74, 6) is 0.391. The molecule has 146 valence electrons. The van der Waals surface area contributed by atoms with Gasteiger partial charge in [0.2, 0.25) is 0 Å². The third-order valence-electron chi connectivity index (χ3n) is 4.59. The van der Waals surface area contributed by atoms with Crippen molar-refractivity contribution < 1.29 is 19.1 Å². The minimum Gasteiger partial charge on any atom is -0.493 e.